The van der Waals surface area contributed by atoms with Gasteiger partial charge >= 0.3 is 0 Å². The fraction of sp³-hybridized carbons (Fsp3) is 0.0667. The number of anilines is 1. The molecule has 0 fully saturated rings. The molecule has 0 bridgehead atoms. The third-order valence-electron chi connectivity index (χ3n) is 2.78. The lowest BCUT2D eigenvalue weighted by atomic mass is 10.0. The van der Waals surface area contributed by atoms with E-state index in [4.69, 9.17) is 22.7 Å². The van der Waals surface area contributed by atoms with Crippen molar-refractivity contribution in [3.63, 3.8) is 0 Å². The topological polar surface area (TPSA) is 64.3 Å². The van der Waals surface area contributed by atoms with Crippen LogP contribution in [-0.2, 0) is 0 Å². The highest BCUT2D eigenvalue weighted by atomic mass is 32.1. The lowest BCUT2D eigenvalue weighted by molar-refractivity contribution is 0.103. The zero-order valence-electron chi connectivity index (χ0n) is 10.9. The Morgan fingerprint density at radius 2 is 1.80 bits per heavy atom. The molecule has 0 radical (unpaired) electrons. The van der Waals surface area contributed by atoms with Gasteiger partial charge < -0.3 is 15.8 Å². The molecule has 0 saturated carbocycles. The summed E-state index contributed by atoms with van der Waals surface area (Å²) < 4.78 is 5.07. The lowest BCUT2D eigenvalue weighted by Crippen LogP contribution is -2.20. The Kier molecular flexibility index (Phi) is 4.32. The van der Waals surface area contributed by atoms with Crippen molar-refractivity contribution in [2.75, 3.05) is 12.4 Å². The Labute approximate surface area is 122 Å². The number of carbonyl (C=O) groups excluding carboxylic acids is 1. The number of hydrogen-bond donors (Lipinski definition) is 2. The van der Waals surface area contributed by atoms with E-state index in [1.54, 1.807) is 49.6 Å². The summed E-state index contributed by atoms with van der Waals surface area (Å²) in [7, 11) is 1.58. The molecule has 0 atom stereocenters. The second-order valence-corrected chi connectivity index (χ2v) is 4.53. The van der Waals surface area contributed by atoms with Crippen LogP contribution in [0.1, 0.15) is 15.9 Å². The molecule has 4 nitrogen and oxygen atoms in total. The first-order valence-electron chi connectivity index (χ1n) is 5.96. The van der Waals surface area contributed by atoms with E-state index in [-0.39, 0.29) is 10.9 Å². The molecule has 2 aromatic rings. The zero-order valence-corrected chi connectivity index (χ0v) is 11.7. The number of carbonyl (C=O) groups is 1. The second-order valence-electron chi connectivity index (χ2n) is 4.09. The normalized spacial score (nSPS) is 9.85. The van der Waals surface area contributed by atoms with Crippen LogP contribution < -0.4 is 15.8 Å². The van der Waals surface area contributed by atoms with Gasteiger partial charge in [0.2, 0.25) is 0 Å². The fourth-order valence-electron chi connectivity index (χ4n) is 1.82. The number of ketones is 1. The van der Waals surface area contributed by atoms with E-state index in [1.807, 2.05) is 6.07 Å². The molecule has 2 rings (SSSR count). The number of methoxy groups -OCH3 is 1. The number of para-hydroxylation sites is 1. The second kappa shape index (κ2) is 6.16. The third kappa shape index (κ3) is 3.13. The van der Waals surface area contributed by atoms with Crippen LogP contribution in [0, 0.1) is 0 Å². The molecular weight excluding hydrogens is 272 g/mol. The molecule has 102 valence electrons. The van der Waals surface area contributed by atoms with Gasteiger partial charge in [0, 0.05) is 11.1 Å². The van der Waals surface area contributed by atoms with E-state index < -0.39 is 0 Å². The van der Waals surface area contributed by atoms with Crippen molar-refractivity contribution in [2.24, 2.45) is 5.73 Å². The first-order valence-corrected chi connectivity index (χ1v) is 6.37. The average Bonchev–Trinajstić information content (AvgIpc) is 2.46. The van der Waals surface area contributed by atoms with Crippen LogP contribution >= 0.6 is 12.2 Å². The van der Waals surface area contributed by atoms with E-state index in [9.17, 15) is 4.79 Å². The van der Waals surface area contributed by atoms with Crippen molar-refractivity contribution >= 4 is 28.8 Å². The minimum Gasteiger partial charge on any atom is -0.497 e. The highest BCUT2D eigenvalue weighted by Crippen LogP contribution is 2.20. The van der Waals surface area contributed by atoms with Gasteiger partial charge in [-0.15, -0.1) is 0 Å². The zero-order chi connectivity index (χ0) is 14.5. The summed E-state index contributed by atoms with van der Waals surface area (Å²) in [6, 6.07) is 14.0. The van der Waals surface area contributed by atoms with Crippen LogP contribution in [-0.4, -0.2) is 18.0 Å². The van der Waals surface area contributed by atoms with Gasteiger partial charge in [0.25, 0.3) is 0 Å². The number of thiocarbonyl (C=S) groups is 1. The SMILES string of the molecule is COc1ccc(C(=O)c2ccccc2NC(N)=S)cc1. The maximum atomic E-state index is 12.5. The van der Waals surface area contributed by atoms with E-state index in [0.717, 1.165) is 0 Å². The van der Waals surface area contributed by atoms with Crippen LogP contribution in [0.25, 0.3) is 0 Å². The van der Waals surface area contributed by atoms with Gasteiger partial charge in [0.15, 0.2) is 10.9 Å². The van der Waals surface area contributed by atoms with Gasteiger partial charge in [0.1, 0.15) is 5.75 Å². The monoisotopic (exact) mass is 286 g/mol. The van der Waals surface area contributed by atoms with Gasteiger partial charge in [0.05, 0.1) is 12.8 Å². The molecule has 3 N–H and O–H groups in total. The highest BCUT2D eigenvalue weighted by molar-refractivity contribution is 7.80. The van der Waals surface area contributed by atoms with Gasteiger partial charge in [-0.1, -0.05) is 12.1 Å². The van der Waals surface area contributed by atoms with Crippen molar-refractivity contribution in [1.82, 2.24) is 0 Å². The predicted octanol–water partition coefficient (Wildman–Crippen LogP) is 2.58. The lowest BCUT2D eigenvalue weighted by Gasteiger charge is -2.10. The van der Waals surface area contributed by atoms with Crippen molar-refractivity contribution in [2.45, 2.75) is 0 Å². The summed E-state index contributed by atoms with van der Waals surface area (Å²) in [5.74, 6) is 0.600. The smallest absolute Gasteiger partial charge is 0.195 e. The van der Waals surface area contributed by atoms with Crippen molar-refractivity contribution in [3.8, 4) is 5.75 Å². The molecule has 0 aromatic heterocycles. The van der Waals surface area contributed by atoms with Crippen molar-refractivity contribution < 1.29 is 9.53 Å². The standard InChI is InChI=1S/C15H14N2O2S/c1-19-11-8-6-10(7-9-11)14(18)12-4-2-3-5-13(12)17-15(16)20/h2-9H,1H3,(H3,16,17,20). The minimum absolute atomic E-state index is 0.105. The molecule has 0 spiro atoms. The molecule has 0 aliphatic rings. The summed E-state index contributed by atoms with van der Waals surface area (Å²) in [6.45, 7) is 0. The van der Waals surface area contributed by atoms with Crippen LogP contribution in [0.2, 0.25) is 0 Å². The third-order valence-corrected chi connectivity index (χ3v) is 2.88. The van der Waals surface area contributed by atoms with Crippen LogP contribution in [0.5, 0.6) is 5.75 Å². The fourth-order valence-corrected chi connectivity index (χ4v) is 1.93. The van der Waals surface area contributed by atoms with E-state index in [0.29, 0.717) is 22.6 Å². The largest absolute Gasteiger partial charge is 0.497 e. The summed E-state index contributed by atoms with van der Waals surface area (Å²) in [6.07, 6.45) is 0. The Bertz CT molecular complexity index is 639. The Hall–Kier alpha value is -2.40. The minimum atomic E-state index is -0.105. The molecule has 2 aromatic carbocycles. The molecule has 0 heterocycles. The number of rotatable bonds is 4. The number of hydrogen-bond acceptors (Lipinski definition) is 3. The number of nitrogens with one attached hydrogen (secondary N) is 1. The number of ether oxygens (including phenoxy) is 1. The summed E-state index contributed by atoms with van der Waals surface area (Å²) in [4.78, 5) is 12.5. The quantitative estimate of drug-likeness (QED) is 0.668. The molecule has 0 unspecified atom stereocenters. The van der Waals surface area contributed by atoms with Crippen LogP contribution in [0.3, 0.4) is 0 Å². The Morgan fingerprint density at radius 1 is 1.15 bits per heavy atom. The summed E-state index contributed by atoms with van der Waals surface area (Å²) >= 11 is 4.81. The van der Waals surface area contributed by atoms with Crippen molar-refractivity contribution in [3.05, 3.63) is 59.7 Å². The first kappa shape index (κ1) is 14.0. The van der Waals surface area contributed by atoms with E-state index in [2.05, 4.69) is 5.32 Å². The number of benzene rings is 2. The van der Waals surface area contributed by atoms with Gasteiger partial charge in [-0.25, -0.2) is 0 Å². The predicted molar refractivity (Wildman–Crippen MR) is 83.3 cm³/mol. The first-order chi connectivity index (χ1) is 9.61. The summed E-state index contributed by atoms with van der Waals surface area (Å²) in [5, 5.41) is 2.94. The summed E-state index contributed by atoms with van der Waals surface area (Å²) in [5.41, 5.74) is 7.15. The average molecular weight is 286 g/mol. The maximum Gasteiger partial charge on any atom is 0.195 e. The van der Waals surface area contributed by atoms with Crippen molar-refractivity contribution in [1.29, 1.82) is 0 Å². The van der Waals surface area contributed by atoms with Crippen LogP contribution in [0.4, 0.5) is 5.69 Å². The maximum absolute atomic E-state index is 12.5. The molecule has 0 aliphatic heterocycles. The van der Waals surface area contributed by atoms with Gasteiger partial charge in [-0.05, 0) is 48.6 Å². The van der Waals surface area contributed by atoms with Gasteiger partial charge in [-0.3, -0.25) is 4.79 Å². The molecule has 0 amide bonds. The van der Waals surface area contributed by atoms with Gasteiger partial charge in [-0.2, -0.15) is 0 Å². The number of nitrogens with two attached hydrogens (primary N) is 1. The molecule has 0 saturated heterocycles. The van der Waals surface area contributed by atoms with E-state index in [1.165, 1.54) is 0 Å². The molecular formula is C15H14N2O2S. The highest BCUT2D eigenvalue weighted by Gasteiger charge is 2.13. The molecule has 20 heavy (non-hydrogen) atoms. The molecule has 0 aliphatic carbocycles. The Morgan fingerprint density at radius 3 is 2.40 bits per heavy atom. The van der Waals surface area contributed by atoms with Crippen LogP contribution in [0.15, 0.2) is 48.5 Å². The Balaban J connectivity index is 2.34. The molecule has 5 heteroatoms. The van der Waals surface area contributed by atoms with E-state index >= 15 is 0 Å².